The average molecular weight is 399 g/mol. The molecule has 0 aliphatic carbocycles. The summed E-state index contributed by atoms with van der Waals surface area (Å²) in [4.78, 5) is 21.5. The minimum absolute atomic E-state index is 0.0684. The molecule has 0 saturated carbocycles. The number of hydrogen-bond acceptors (Lipinski definition) is 4. The molecule has 2 aliphatic rings. The smallest absolute Gasteiger partial charge is 0.269 e. The summed E-state index contributed by atoms with van der Waals surface area (Å²) in [6.45, 7) is 2.13. The number of aryl methyl sites for hydroxylation is 1. The van der Waals surface area contributed by atoms with Crippen molar-refractivity contribution in [1.29, 1.82) is 0 Å². The zero-order valence-electron chi connectivity index (χ0n) is 15.6. The summed E-state index contributed by atoms with van der Waals surface area (Å²) in [6, 6.07) is 3.40. The molecule has 7 nitrogen and oxygen atoms in total. The first-order valence-electron chi connectivity index (χ1n) is 9.53. The van der Waals surface area contributed by atoms with Gasteiger partial charge in [-0.2, -0.15) is 0 Å². The highest BCUT2D eigenvalue weighted by molar-refractivity contribution is 5.92. The van der Waals surface area contributed by atoms with Crippen molar-refractivity contribution in [3.8, 4) is 11.3 Å². The van der Waals surface area contributed by atoms with Crippen molar-refractivity contribution in [3.05, 3.63) is 59.6 Å². The van der Waals surface area contributed by atoms with Crippen LogP contribution in [0.5, 0.6) is 0 Å². The van der Waals surface area contributed by atoms with Crippen LogP contribution in [0.1, 0.15) is 28.6 Å². The molecule has 150 valence electrons. The van der Waals surface area contributed by atoms with Gasteiger partial charge in [0.25, 0.3) is 5.91 Å². The van der Waals surface area contributed by atoms with Crippen molar-refractivity contribution < 1.29 is 18.3 Å². The molecule has 29 heavy (non-hydrogen) atoms. The molecule has 4 heterocycles. The Morgan fingerprint density at radius 2 is 2.17 bits per heavy atom. The van der Waals surface area contributed by atoms with Crippen LogP contribution < -0.4 is 5.32 Å². The Morgan fingerprint density at radius 1 is 1.28 bits per heavy atom. The molecular formula is C20H19F2N5O2. The van der Waals surface area contributed by atoms with E-state index in [1.165, 1.54) is 12.1 Å². The van der Waals surface area contributed by atoms with Gasteiger partial charge in [-0.05, 0) is 18.6 Å². The molecule has 2 aromatic heterocycles. The van der Waals surface area contributed by atoms with Crippen LogP contribution in [0.2, 0.25) is 0 Å². The molecule has 9 heteroatoms. The molecule has 0 radical (unpaired) electrons. The van der Waals surface area contributed by atoms with Gasteiger partial charge in [-0.25, -0.2) is 18.7 Å². The van der Waals surface area contributed by atoms with Crippen LogP contribution in [0.15, 0.2) is 30.6 Å². The zero-order valence-corrected chi connectivity index (χ0v) is 15.6. The number of ether oxygens (including phenoxy) is 1. The number of benzene rings is 1. The lowest BCUT2D eigenvalue weighted by Crippen LogP contribution is -2.41. The Labute approximate surface area is 165 Å². The Kier molecular flexibility index (Phi) is 4.39. The van der Waals surface area contributed by atoms with Gasteiger partial charge < -0.3 is 19.2 Å². The number of fused-ring (bicyclic) bond motifs is 2. The highest BCUT2D eigenvalue weighted by atomic mass is 19.1. The van der Waals surface area contributed by atoms with Gasteiger partial charge in [0.2, 0.25) is 0 Å². The minimum Gasteiger partial charge on any atom is -0.372 e. The monoisotopic (exact) mass is 399 g/mol. The van der Waals surface area contributed by atoms with E-state index in [-0.39, 0.29) is 17.5 Å². The van der Waals surface area contributed by atoms with E-state index in [0.717, 1.165) is 24.1 Å². The predicted octanol–water partition coefficient (Wildman–Crippen LogP) is 2.30. The fraction of sp³-hybridized carbons (Fsp3) is 0.350. The molecule has 5 rings (SSSR count). The lowest BCUT2D eigenvalue weighted by Gasteiger charge is -2.25. The van der Waals surface area contributed by atoms with Crippen LogP contribution in [-0.2, 0) is 30.9 Å². The second kappa shape index (κ2) is 7.07. The van der Waals surface area contributed by atoms with E-state index in [1.807, 2.05) is 9.13 Å². The maximum Gasteiger partial charge on any atom is 0.269 e. The molecule has 1 unspecified atom stereocenters. The predicted molar refractivity (Wildman–Crippen MR) is 99.0 cm³/mol. The number of imidazole rings is 2. The number of amides is 1. The maximum atomic E-state index is 14.1. The summed E-state index contributed by atoms with van der Waals surface area (Å²) in [5, 5.41) is 3.07. The van der Waals surface area contributed by atoms with Crippen LogP contribution in [0.25, 0.3) is 11.3 Å². The number of carbonyl (C=O) groups excluding carboxylic acids is 1. The van der Waals surface area contributed by atoms with E-state index in [2.05, 4.69) is 15.3 Å². The molecule has 0 bridgehead atoms. The quantitative estimate of drug-likeness (QED) is 0.734. The van der Waals surface area contributed by atoms with E-state index < -0.39 is 11.6 Å². The third-order valence-electron chi connectivity index (χ3n) is 5.40. The number of hydrogen-bond donors (Lipinski definition) is 1. The molecule has 0 saturated heterocycles. The Balaban J connectivity index is 1.32. The van der Waals surface area contributed by atoms with Gasteiger partial charge in [0, 0.05) is 43.4 Å². The first-order chi connectivity index (χ1) is 14.1. The molecular weight excluding hydrogens is 380 g/mol. The van der Waals surface area contributed by atoms with E-state index in [0.29, 0.717) is 44.1 Å². The van der Waals surface area contributed by atoms with Crippen LogP contribution in [-0.4, -0.2) is 37.7 Å². The minimum atomic E-state index is -0.639. The fourth-order valence-electron chi connectivity index (χ4n) is 3.93. The topological polar surface area (TPSA) is 74.0 Å². The summed E-state index contributed by atoms with van der Waals surface area (Å²) >= 11 is 0. The molecule has 3 aromatic rings. The summed E-state index contributed by atoms with van der Waals surface area (Å²) in [6.07, 6.45) is 4.73. The first kappa shape index (κ1) is 18.0. The van der Waals surface area contributed by atoms with Crippen LogP contribution in [0.3, 0.4) is 0 Å². The largest absolute Gasteiger partial charge is 0.372 e. The molecule has 0 fully saturated rings. The standard InChI is InChI=1S/C20H19F2N5O2/c21-12-1-3-14(15(22)7-12)16-10-26-9-13(2-4-18(26)25-16)24-20(28)17-8-23-19-11-29-6-5-27(17)19/h1,3,7-8,10,13H,2,4-6,9,11H2,(H,24,28). The summed E-state index contributed by atoms with van der Waals surface area (Å²) in [5.41, 5.74) is 1.27. The molecule has 1 atom stereocenters. The van der Waals surface area contributed by atoms with E-state index in [9.17, 15) is 13.6 Å². The second-order valence-corrected chi connectivity index (χ2v) is 7.29. The van der Waals surface area contributed by atoms with Crippen LogP contribution in [0.4, 0.5) is 8.78 Å². The van der Waals surface area contributed by atoms with E-state index in [4.69, 9.17) is 4.74 Å². The van der Waals surface area contributed by atoms with Crippen LogP contribution in [0, 0.1) is 11.6 Å². The zero-order chi connectivity index (χ0) is 20.0. The SMILES string of the molecule is O=C(NC1CCc2nc(-c3ccc(F)cc3F)cn2C1)c1cnc2n1CCOC2. The van der Waals surface area contributed by atoms with Gasteiger partial charge in [-0.15, -0.1) is 0 Å². The Bertz CT molecular complexity index is 1090. The molecule has 1 amide bonds. The van der Waals surface area contributed by atoms with Crippen molar-refractivity contribution in [3.63, 3.8) is 0 Å². The van der Waals surface area contributed by atoms with E-state index in [1.54, 1.807) is 12.4 Å². The molecule has 2 aliphatic heterocycles. The van der Waals surface area contributed by atoms with Gasteiger partial charge in [0.1, 0.15) is 35.6 Å². The second-order valence-electron chi connectivity index (χ2n) is 7.29. The fourth-order valence-corrected chi connectivity index (χ4v) is 3.93. The van der Waals surface area contributed by atoms with Crippen LogP contribution >= 0.6 is 0 Å². The number of rotatable bonds is 3. The summed E-state index contributed by atoms with van der Waals surface area (Å²) in [7, 11) is 0. The van der Waals surface area contributed by atoms with Crippen molar-refractivity contribution in [1.82, 2.24) is 24.4 Å². The maximum absolute atomic E-state index is 14.1. The van der Waals surface area contributed by atoms with Gasteiger partial charge in [0.15, 0.2) is 0 Å². The number of nitrogens with zero attached hydrogens (tertiary/aromatic N) is 4. The molecule has 0 spiro atoms. The third-order valence-corrected chi connectivity index (χ3v) is 5.40. The van der Waals surface area contributed by atoms with Gasteiger partial charge in [-0.3, -0.25) is 4.79 Å². The number of aromatic nitrogens is 4. The normalized spacial score (nSPS) is 18.2. The van der Waals surface area contributed by atoms with Gasteiger partial charge >= 0.3 is 0 Å². The summed E-state index contributed by atoms with van der Waals surface area (Å²) in [5.74, 6) is 0.163. The van der Waals surface area contributed by atoms with Crippen molar-refractivity contribution in [2.75, 3.05) is 6.61 Å². The average Bonchev–Trinajstić information content (AvgIpc) is 3.31. The third kappa shape index (κ3) is 3.31. The number of nitrogens with one attached hydrogen (secondary N) is 1. The highest BCUT2D eigenvalue weighted by Crippen LogP contribution is 2.25. The van der Waals surface area contributed by atoms with Gasteiger partial charge in [-0.1, -0.05) is 0 Å². The van der Waals surface area contributed by atoms with Gasteiger partial charge in [0.05, 0.1) is 18.5 Å². The lowest BCUT2D eigenvalue weighted by molar-refractivity contribution is 0.0773. The first-order valence-corrected chi connectivity index (χ1v) is 9.53. The lowest BCUT2D eigenvalue weighted by atomic mass is 10.1. The van der Waals surface area contributed by atoms with E-state index >= 15 is 0 Å². The number of carbonyl (C=O) groups is 1. The molecule has 1 N–H and O–H groups in total. The summed E-state index contributed by atoms with van der Waals surface area (Å²) < 4.78 is 36.4. The number of halogens is 2. The van der Waals surface area contributed by atoms with Crippen molar-refractivity contribution >= 4 is 5.91 Å². The molecule has 1 aromatic carbocycles. The van der Waals surface area contributed by atoms with Crippen molar-refractivity contribution in [2.45, 2.75) is 38.6 Å². The van der Waals surface area contributed by atoms with Crippen molar-refractivity contribution in [2.24, 2.45) is 0 Å². The Morgan fingerprint density at radius 3 is 3.03 bits per heavy atom. The Hall–Kier alpha value is -3.07. The highest BCUT2D eigenvalue weighted by Gasteiger charge is 2.25.